The van der Waals surface area contributed by atoms with Gasteiger partial charge in [0.1, 0.15) is 5.82 Å². The maximum absolute atomic E-state index is 12.6. The van der Waals surface area contributed by atoms with Crippen LogP contribution in [0.1, 0.15) is 12.5 Å². The van der Waals surface area contributed by atoms with Gasteiger partial charge in [-0.25, -0.2) is 13.1 Å². The summed E-state index contributed by atoms with van der Waals surface area (Å²) in [6.45, 7) is 2.60. The van der Waals surface area contributed by atoms with Crippen molar-refractivity contribution in [3.05, 3.63) is 60.4 Å². The second kappa shape index (κ2) is 9.28. The van der Waals surface area contributed by atoms with E-state index in [9.17, 15) is 13.2 Å². The Labute approximate surface area is 186 Å². The van der Waals surface area contributed by atoms with Crippen LogP contribution < -0.4 is 20.3 Å². The van der Waals surface area contributed by atoms with Gasteiger partial charge in [0.25, 0.3) is 0 Å². The first-order valence-electron chi connectivity index (χ1n) is 10.1. The van der Waals surface area contributed by atoms with E-state index < -0.39 is 10.0 Å². The molecule has 0 unspecified atom stereocenters. The van der Waals surface area contributed by atoms with Gasteiger partial charge in [0.05, 0.1) is 4.90 Å². The molecule has 2 aromatic heterocycles. The summed E-state index contributed by atoms with van der Waals surface area (Å²) in [7, 11) is -3.66. The molecule has 0 aliphatic carbocycles. The quantitative estimate of drug-likeness (QED) is 0.441. The van der Waals surface area contributed by atoms with Crippen molar-refractivity contribution in [2.75, 3.05) is 35.2 Å². The van der Waals surface area contributed by atoms with Crippen molar-refractivity contribution in [3.8, 4) is 0 Å². The van der Waals surface area contributed by atoms with Crippen LogP contribution in [0.4, 0.5) is 23.0 Å². The van der Waals surface area contributed by atoms with Gasteiger partial charge in [-0.05, 0) is 54.4 Å². The molecule has 10 nitrogen and oxygen atoms in total. The number of anilines is 4. The first kappa shape index (κ1) is 21.7. The topological polar surface area (TPSA) is 129 Å². The Morgan fingerprint density at radius 1 is 1.03 bits per heavy atom. The maximum atomic E-state index is 12.6. The van der Waals surface area contributed by atoms with Gasteiger partial charge < -0.3 is 15.5 Å². The zero-order valence-corrected chi connectivity index (χ0v) is 18.3. The molecule has 1 aliphatic heterocycles. The van der Waals surface area contributed by atoms with Gasteiger partial charge in [0.2, 0.25) is 15.9 Å². The molecule has 0 atom stereocenters. The number of sulfonamides is 1. The molecule has 1 aromatic carbocycles. The average molecular weight is 454 g/mol. The molecular weight excluding hydrogens is 430 g/mol. The fourth-order valence-electron chi connectivity index (χ4n) is 3.41. The molecule has 1 amide bonds. The molecule has 4 rings (SSSR count). The molecule has 0 bridgehead atoms. The van der Waals surface area contributed by atoms with Crippen LogP contribution in [0.15, 0.2) is 59.8 Å². The third-order valence-electron chi connectivity index (χ3n) is 4.98. The van der Waals surface area contributed by atoms with E-state index in [4.69, 9.17) is 0 Å². The smallest absolute Gasteiger partial charge is 0.240 e. The van der Waals surface area contributed by atoms with Gasteiger partial charge in [0, 0.05) is 50.3 Å². The third kappa shape index (κ3) is 5.01. The summed E-state index contributed by atoms with van der Waals surface area (Å²) < 4.78 is 27.8. The molecule has 166 valence electrons. The predicted molar refractivity (Wildman–Crippen MR) is 121 cm³/mol. The van der Waals surface area contributed by atoms with E-state index in [1.54, 1.807) is 41.6 Å². The van der Waals surface area contributed by atoms with E-state index in [1.165, 1.54) is 13.0 Å². The maximum Gasteiger partial charge on any atom is 0.240 e. The van der Waals surface area contributed by atoms with Crippen molar-refractivity contribution in [2.45, 2.75) is 18.2 Å². The molecule has 3 heterocycles. The average Bonchev–Trinajstić information content (AvgIpc) is 3.22. The Morgan fingerprint density at radius 2 is 1.78 bits per heavy atom. The number of hydrogen-bond donors (Lipinski definition) is 3. The van der Waals surface area contributed by atoms with Gasteiger partial charge in [-0.1, -0.05) is 0 Å². The summed E-state index contributed by atoms with van der Waals surface area (Å²) in [6, 6.07) is 12.0. The highest BCUT2D eigenvalue weighted by atomic mass is 32.2. The molecule has 0 saturated heterocycles. The lowest BCUT2D eigenvalue weighted by atomic mass is 10.2. The zero-order valence-electron chi connectivity index (χ0n) is 17.4. The first-order valence-corrected chi connectivity index (χ1v) is 11.6. The summed E-state index contributed by atoms with van der Waals surface area (Å²) >= 11 is 0. The number of benzene rings is 1. The van der Waals surface area contributed by atoms with E-state index in [2.05, 4.69) is 30.5 Å². The number of pyridine rings is 1. The molecule has 0 spiro atoms. The van der Waals surface area contributed by atoms with Crippen molar-refractivity contribution in [3.63, 3.8) is 0 Å². The SMILES string of the molecule is CC(=O)N1CCc2cc(S(=O)(=O)NCCNc3ccc(Nc4ccncc4)nn3)ccc21. The van der Waals surface area contributed by atoms with Crippen molar-refractivity contribution in [2.24, 2.45) is 0 Å². The van der Waals surface area contributed by atoms with Crippen molar-refractivity contribution >= 4 is 38.9 Å². The Balaban J connectivity index is 1.28. The van der Waals surface area contributed by atoms with Crippen LogP contribution in [0, 0.1) is 0 Å². The number of carbonyl (C=O) groups is 1. The summed E-state index contributed by atoms with van der Waals surface area (Å²) in [4.78, 5) is 17.5. The van der Waals surface area contributed by atoms with Crippen LogP contribution in [0.3, 0.4) is 0 Å². The van der Waals surface area contributed by atoms with Gasteiger partial charge in [0.15, 0.2) is 5.82 Å². The van der Waals surface area contributed by atoms with Crippen LogP contribution in [0.5, 0.6) is 0 Å². The summed E-state index contributed by atoms with van der Waals surface area (Å²) in [5.41, 5.74) is 2.49. The van der Waals surface area contributed by atoms with Crippen LogP contribution in [-0.4, -0.2) is 49.1 Å². The van der Waals surface area contributed by atoms with E-state index in [1.807, 2.05) is 12.1 Å². The van der Waals surface area contributed by atoms with Crippen LogP contribution in [0.2, 0.25) is 0 Å². The molecule has 1 aliphatic rings. The second-order valence-electron chi connectivity index (χ2n) is 7.20. The van der Waals surface area contributed by atoms with Gasteiger partial charge in [-0.2, -0.15) is 0 Å². The summed E-state index contributed by atoms with van der Waals surface area (Å²) in [6.07, 6.45) is 4.00. The lowest BCUT2D eigenvalue weighted by molar-refractivity contribution is -0.116. The summed E-state index contributed by atoms with van der Waals surface area (Å²) in [5, 5.41) is 14.3. The lowest BCUT2D eigenvalue weighted by Gasteiger charge is -2.15. The molecular formula is C21H23N7O3S. The summed E-state index contributed by atoms with van der Waals surface area (Å²) in [5.74, 6) is 1.07. The normalized spacial score (nSPS) is 13.0. The minimum absolute atomic E-state index is 0.0483. The number of amides is 1. The van der Waals surface area contributed by atoms with Crippen LogP contribution >= 0.6 is 0 Å². The van der Waals surface area contributed by atoms with E-state index >= 15 is 0 Å². The minimum Gasteiger partial charge on any atom is -0.367 e. The fourth-order valence-corrected chi connectivity index (χ4v) is 4.49. The van der Waals surface area contributed by atoms with Crippen molar-refractivity contribution in [1.29, 1.82) is 0 Å². The zero-order chi connectivity index (χ0) is 22.6. The molecule has 3 N–H and O–H groups in total. The highest BCUT2D eigenvalue weighted by Crippen LogP contribution is 2.30. The Morgan fingerprint density at radius 3 is 2.50 bits per heavy atom. The van der Waals surface area contributed by atoms with Crippen LogP contribution in [-0.2, 0) is 21.2 Å². The first-order chi connectivity index (χ1) is 15.4. The second-order valence-corrected chi connectivity index (χ2v) is 8.97. The van der Waals surface area contributed by atoms with Crippen molar-refractivity contribution in [1.82, 2.24) is 19.9 Å². The molecule has 0 radical (unpaired) electrons. The number of carbonyl (C=O) groups excluding carboxylic acids is 1. The lowest BCUT2D eigenvalue weighted by Crippen LogP contribution is -2.29. The Kier molecular flexibility index (Phi) is 6.28. The highest BCUT2D eigenvalue weighted by molar-refractivity contribution is 7.89. The molecule has 0 fully saturated rings. The molecule has 3 aromatic rings. The number of aromatic nitrogens is 3. The monoisotopic (exact) mass is 453 g/mol. The number of fused-ring (bicyclic) bond motifs is 1. The van der Waals surface area contributed by atoms with E-state index in [-0.39, 0.29) is 17.3 Å². The Hall–Kier alpha value is -3.57. The minimum atomic E-state index is -3.66. The molecule has 32 heavy (non-hydrogen) atoms. The standard InChI is InChI=1S/C21H23N7O3S/c1-15(29)28-13-8-16-14-18(2-3-19(16)28)32(30,31)24-12-11-23-20-4-5-21(27-26-20)25-17-6-9-22-10-7-17/h2-7,9-10,14,24H,8,11-13H2,1H3,(H,23,26)(H,22,25,27). The van der Waals surface area contributed by atoms with Gasteiger partial charge in [-0.15, -0.1) is 10.2 Å². The third-order valence-corrected chi connectivity index (χ3v) is 6.44. The largest absolute Gasteiger partial charge is 0.367 e. The van der Waals surface area contributed by atoms with E-state index in [0.717, 1.165) is 16.9 Å². The van der Waals surface area contributed by atoms with E-state index in [0.29, 0.717) is 31.1 Å². The number of nitrogens with one attached hydrogen (secondary N) is 3. The van der Waals surface area contributed by atoms with Gasteiger partial charge in [-0.3, -0.25) is 9.78 Å². The van der Waals surface area contributed by atoms with Gasteiger partial charge >= 0.3 is 0 Å². The Bertz CT molecular complexity index is 1200. The predicted octanol–water partition coefficient (Wildman–Crippen LogP) is 1.91. The molecule has 11 heteroatoms. The fraction of sp³-hybridized carbons (Fsp3) is 0.238. The molecule has 0 saturated carbocycles. The number of hydrogen-bond acceptors (Lipinski definition) is 8. The number of nitrogens with zero attached hydrogens (tertiary/aromatic N) is 4. The van der Waals surface area contributed by atoms with Crippen molar-refractivity contribution < 1.29 is 13.2 Å². The number of rotatable bonds is 8. The van der Waals surface area contributed by atoms with Crippen LogP contribution in [0.25, 0.3) is 0 Å². The highest BCUT2D eigenvalue weighted by Gasteiger charge is 2.24.